The lowest BCUT2D eigenvalue weighted by Crippen LogP contribution is -2.40. The molecule has 1 aliphatic rings. The minimum absolute atomic E-state index is 0.0305. The predicted octanol–water partition coefficient (Wildman–Crippen LogP) is 2.34. The van der Waals surface area contributed by atoms with Gasteiger partial charge < -0.3 is 4.90 Å². The summed E-state index contributed by atoms with van der Waals surface area (Å²) in [5.74, 6) is 0.0305. The highest BCUT2D eigenvalue weighted by molar-refractivity contribution is 6.03. The highest BCUT2D eigenvalue weighted by Crippen LogP contribution is 2.30. The summed E-state index contributed by atoms with van der Waals surface area (Å²) in [6.07, 6.45) is 1.75. The van der Waals surface area contributed by atoms with Crippen molar-refractivity contribution in [3.63, 3.8) is 0 Å². The van der Waals surface area contributed by atoms with Crippen LogP contribution in [0.4, 0.5) is 0 Å². The maximum absolute atomic E-state index is 12.0. The second kappa shape index (κ2) is 3.39. The van der Waals surface area contributed by atoms with E-state index < -0.39 is 0 Å². The molecule has 1 aromatic rings. The van der Waals surface area contributed by atoms with Gasteiger partial charge in [-0.05, 0) is 17.2 Å². The van der Waals surface area contributed by atoms with Crippen molar-refractivity contribution < 1.29 is 4.79 Å². The summed E-state index contributed by atoms with van der Waals surface area (Å²) in [7, 11) is 1.77. The van der Waals surface area contributed by atoms with Crippen molar-refractivity contribution in [3.8, 4) is 0 Å². The molecule has 0 aliphatic carbocycles. The van der Waals surface area contributed by atoms with E-state index in [1.54, 1.807) is 18.0 Å². The number of likely N-dealkylation sites (N-methyl/N-ethyl adjacent to an activating group) is 1. The second-order valence-electron chi connectivity index (χ2n) is 3.67. The summed E-state index contributed by atoms with van der Waals surface area (Å²) in [5.41, 5.74) is 2.59. The van der Waals surface area contributed by atoms with E-state index in [4.69, 9.17) is 0 Å². The third-order valence-electron chi connectivity index (χ3n) is 2.82. The fraction of sp³-hybridized carbons (Fsp3) is 0.154. The molecule has 76 valence electrons. The van der Waals surface area contributed by atoms with Crippen LogP contribution in [0.25, 0.3) is 5.57 Å². The molecule has 0 saturated carbocycles. The van der Waals surface area contributed by atoms with E-state index in [1.165, 1.54) is 0 Å². The average molecular weight is 199 g/mol. The van der Waals surface area contributed by atoms with Gasteiger partial charge in [0.1, 0.15) is 0 Å². The van der Waals surface area contributed by atoms with Gasteiger partial charge in [-0.1, -0.05) is 30.9 Å². The molecule has 0 bridgehead atoms. The van der Waals surface area contributed by atoms with Crippen LogP contribution in [0.5, 0.6) is 0 Å². The molecule has 0 fully saturated rings. The third-order valence-corrected chi connectivity index (χ3v) is 2.82. The number of hydrogen-bond donors (Lipinski definition) is 0. The van der Waals surface area contributed by atoms with Crippen molar-refractivity contribution >= 4 is 11.5 Å². The van der Waals surface area contributed by atoms with Crippen molar-refractivity contribution in [1.82, 2.24) is 4.90 Å². The number of rotatable bonds is 1. The summed E-state index contributed by atoms with van der Waals surface area (Å²) in [4.78, 5) is 13.6. The lowest BCUT2D eigenvalue weighted by molar-refractivity contribution is 0.0777. The minimum atomic E-state index is -0.0904. The van der Waals surface area contributed by atoms with Crippen LogP contribution in [0, 0.1) is 0 Å². The molecule has 1 aliphatic heterocycles. The minimum Gasteiger partial charge on any atom is -0.331 e. The average Bonchev–Trinajstić information content (AvgIpc) is 2.27. The van der Waals surface area contributed by atoms with Crippen molar-refractivity contribution in [2.45, 2.75) is 6.04 Å². The van der Waals surface area contributed by atoms with Gasteiger partial charge in [0.05, 0.1) is 6.04 Å². The predicted molar refractivity (Wildman–Crippen MR) is 61.6 cm³/mol. The van der Waals surface area contributed by atoms with Gasteiger partial charge in [0.2, 0.25) is 0 Å². The van der Waals surface area contributed by atoms with Crippen LogP contribution >= 0.6 is 0 Å². The molecule has 2 rings (SSSR count). The van der Waals surface area contributed by atoms with E-state index in [2.05, 4.69) is 13.2 Å². The lowest BCUT2D eigenvalue weighted by Gasteiger charge is -2.33. The molecule has 2 nitrogen and oxygen atoms in total. The Morgan fingerprint density at radius 2 is 1.93 bits per heavy atom. The molecule has 15 heavy (non-hydrogen) atoms. The van der Waals surface area contributed by atoms with Crippen molar-refractivity contribution in [2.75, 3.05) is 7.05 Å². The summed E-state index contributed by atoms with van der Waals surface area (Å²) in [5, 5.41) is 0. The number of carbonyl (C=O) groups excluding carboxylic acids is 1. The molecule has 2 heteroatoms. The first-order valence-corrected chi connectivity index (χ1v) is 4.84. The highest BCUT2D eigenvalue weighted by atomic mass is 16.2. The number of nitrogens with zero attached hydrogens (tertiary/aromatic N) is 1. The SMILES string of the molecule is C=CC1C(=C)c2ccccc2C(=O)N1C. The molecule has 0 spiro atoms. The Balaban J connectivity index is 2.62. The van der Waals surface area contributed by atoms with E-state index in [9.17, 15) is 4.79 Å². The third kappa shape index (κ3) is 1.30. The summed E-state index contributed by atoms with van der Waals surface area (Å²) in [6, 6.07) is 7.46. The number of fused-ring (bicyclic) bond motifs is 1. The normalized spacial score (nSPS) is 20.1. The van der Waals surface area contributed by atoms with Crippen LogP contribution in [0.15, 0.2) is 43.5 Å². The van der Waals surface area contributed by atoms with Crippen LogP contribution in [-0.2, 0) is 0 Å². The zero-order chi connectivity index (χ0) is 11.0. The molecule has 1 atom stereocenters. The molecule has 0 aromatic heterocycles. The first-order valence-electron chi connectivity index (χ1n) is 4.84. The summed E-state index contributed by atoms with van der Waals surface area (Å²) < 4.78 is 0. The Kier molecular flexibility index (Phi) is 2.19. The molecule has 0 radical (unpaired) electrons. The molecular formula is C13H13NO. The smallest absolute Gasteiger partial charge is 0.254 e. The highest BCUT2D eigenvalue weighted by Gasteiger charge is 2.30. The summed E-state index contributed by atoms with van der Waals surface area (Å²) in [6.45, 7) is 7.77. The van der Waals surface area contributed by atoms with Gasteiger partial charge >= 0.3 is 0 Å². The van der Waals surface area contributed by atoms with Crippen LogP contribution < -0.4 is 0 Å². The fourth-order valence-corrected chi connectivity index (χ4v) is 1.96. The summed E-state index contributed by atoms with van der Waals surface area (Å²) >= 11 is 0. The van der Waals surface area contributed by atoms with Gasteiger partial charge in [0, 0.05) is 12.6 Å². The van der Waals surface area contributed by atoms with Crippen LogP contribution in [-0.4, -0.2) is 23.9 Å². The van der Waals surface area contributed by atoms with E-state index in [0.717, 1.165) is 16.7 Å². The van der Waals surface area contributed by atoms with E-state index in [1.807, 2.05) is 24.3 Å². The van der Waals surface area contributed by atoms with Gasteiger partial charge in [0.25, 0.3) is 5.91 Å². The van der Waals surface area contributed by atoms with Gasteiger partial charge in [-0.3, -0.25) is 4.79 Å². The van der Waals surface area contributed by atoms with Gasteiger partial charge in [-0.15, -0.1) is 6.58 Å². The standard InChI is InChI=1S/C13H13NO/c1-4-12-9(2)10-7-5-6-8-11(10)13(15)14(12)3/h4-8,12H,1-2H2,3H3. The zero-order valence-electron chi connectivity index (χ0n) is 8.73. The lowest BCUT2D eigenvalue weighted by atomic mass is 9.90. The first kappa shape index (κ1) is 9.71. The Bertz CT molecular complexity index is 448. The molecule has 1 aromatic carbocycles. The van der Waals surface area contributed by atoms with E-state index in [-0.39, 0.29) is 11.9 Å². The number of carbonyl (C=O) groups is 1. The first-order chi connectivity index (χ1) is 7.16. The van der Waals surface area contributed by atoms with Crippen LogP contribution in [0.2, 0.25) is 0 Å². The van der Waals surface area contributed by atoms with E-state index in [0.29, 0.717) is 0 Å². The Hall–Kier alpha value is -1.83. The van der Waals surface area contributed by atoms with Gasteiger partial charge in [-0.25, -0.2) is 0 Å². The number of hydrogen-bond acceptors (Lipinski definition) is 1. The van der Waals surface area contributed by atoms with Crippen molar-refractivity contribution in [2.24, 2.45) is 0 Å². The second-order valence-corrected chi connectivity index (χ2v) is 3.67. The van der Waals surface area contributed by atoms with Crippen LogP contribution in [0.3, 0.4) is 0 Å². The van der Waals surface area contributed by atoms with Crippen LogP contribution in [0.1, 0.15) is 15.9 Å². The van der Waals surface area contributed by atoms with E-state index >= 15 is 0 Å². The molecule has 1 amide bonds. The van der Waals surface area contributed by atoms with Gasteiger partial charge in [0.15, 0.2) is 0 Å². The monoisotopic (exact) mass is 199 g/mol. The zero-order valence-corrected chi connectivity index (χ0v) is 8.73. The number of benzene rings is 1. The molecular weight excluding hydrogens is 186 g/mol. The molecule has 1 heterocycles. The molecule has 1 unspecified atom stereocenters. The maximum atomic E-state index is 12.0. The van der Waals surface area contributed by atoms with Gasteiger partial charge in [-0.2, -0.15) is 0 Å². The molecule has 0 N–H and O–H groups in total. The molecule has 0 saturated heterocycles. The van der Waals surface area contributed by atoms with Crippen molar-refractivity contribution in [1.29, 1.82) is 0 Å². The Labute approximate surface area is 89.5 Å². The Morgan fingerprint density at radius 1 is 1.33 bits per heavy atom. The topological polar surface area (TPSA) is 20.3 Å². The quantitative estimate of drug-likeness (QED) is 0.636. The maximum Gasteiger partial charge on any atom is 0.254 e. The number of amides is 1. The van der Waals surface area contributed by atoms with Crippen molar-refractivity contribution in [3.05, 3.63) is 54.6 Å². The fourth-order valence-electron chi connectivity index (χ4n) is 1.96. The Morgan fingerprint density at radius 3 is 2.53 bits per heavy atom. The largest absolute Gasteiger partial charge is 0.331 e.